The van der Waals surface area contributed by atoms with Crippen molar-refractivity contribution in [3.63, 3.8) is 0 Å². The average Bonchev–Trinajstić information content (AvgIpc) is 2.70. The number of piperazine rings is 1. The maximum atomic E-state index is 14.5. The van der Waals surface area contributed by atoms with Gasteiger partial charge in [0.05, 0.1) is 21.8 Å². The molecule has 1 saturated heterocycles. The van der Waals surface area contributed by atoms with Crippen LogP contribution in [0, 0.1) is 5.92 Å². The molecule has 3 rings (SSSR count). The van der Waals surface area contributed by atoms with Gasteiger partial charge in [-0.2, -0.15) is 0 Å². The second-order valence-corrected chi connectivity index (χ2v) is 9.12. The third-order valence-corrected chi connectivity index (χ3v) is 6.90. The van der Waals surface area contributed by atoms with Crippen molar-refractivity contribution in [3.05, 3.63) is 28.2 Å². The molecule has 5 nitrogen and oxygen atoms in total. The summed E-state index contributed by atoms with van der Waals surface area (Å²) in [5.74, 6) is 0.387. The number of alkyl halides is 1. The van der Waals surface area contributed by atoms with Gasteiger partial charge in [0.1, 0.15) is 6.17 Å². The van der Waals surface area contributed by atoms with E-state index in [-0.39, 0.29) is 12.1 Å². The topological polar surface area (TPSA) is 38.8 Å². The van der Waals surface area contributed by atoms with Crippen LogP contribution in [0.1, 0.15) is 25.7 Å². The highest BCUT2D eigenvalue weighted by Crippen LogP contribution is 2.33. The molecular formula is C21H31Cl2FN4O. The van der Waals surface area contributed by atoms with E-state index in [2.05, 4.69) is 15.1 Å². The number of hydrogen-bond acceptors (Lipinski definition) is 3. The first-order chi connectivity index (χ1) is 13.8. The SMILES string of the molecule is CN(C)C(=O)NC1CCC(CCN2CCN(c3cccc(Cl)c3Cl)CC2)CC1F. The lowest BCUT2D eigenvalue weighted by atomic mass is 9.82. The van der Waals surface area contributed by atoms with Crippen LogP contribution < -0.4 is 10.2 Å². The van der Waals surface area contributed by atoms with Crippen LogP contribution in [0.3, 0.4) is 0 Å². The fourth-order valence-electron chi connectivity index (χ4n) is 4.22. The molecule has 1 aliphatic heterocycles. The van der Waals surface area contributed by atoms with Crippen molar-refractivity contribution in [1.29, 1.82) is 0 Å². The number of halogens is 3. The minimum atomic E-state index is -0.959. The Morgan fingerprint density at radius 2 is 1.93 bits per heavy atom. The summed E-state index contributed by atoms with van der Waals surface area (Å²) in [4.78, 5) is 17.9. The lowest BCUT2D eigenvalue weighted by Gasteiger charge is -2.38. The summed E-state index contributed by atoms with van der Waals surface area (Å²) in [6.45, 7) is 4.75. The fraction of sp³-hybridized carbons (Fsp3) is 0.667. The van der Waals surface area contributed by atoms with Gasteiger partial charge < -0.3 is 15.1 Å². The highest BCUT2D eigenvalue weighted by atomic mass is 35.5. The Morgan fingerprint density at radius 3 is 2.59 bits per heavy atom. The molecule has 1 N–H and O–H groups in total. The Kier molecular flexibility index (Phi) is 7.88. The molecule has 0 bridgehead atoms. The summed E-state index contributed by atoms with van der Waals surface area (Å²) in [6, 6.07) is 5.18. The largest absolute Gasteiger partial charge is 0.368 e. The zero-order valence-corrected chi connectivity index (χ0v) is 18.7. The van der Waals surface area contributed by atoms with Crippen molar-refractivity contribution in [2.75, 3.05) is 51.7 Å². The molecule has 1 saturated carbocycles. The van der Waals surface area contributed by atoms with Crippen LogP contribution in [0.4, 0.5) is 14.9 Å². The van der Waals surface area contributed by atoms with Gasteiger partial charge in [-0.15, -0.1) is 0 Å². The Bertz CT molecular complexity index is 697. The Balaban J connectivity index is 1.40. The van der Waals surface area contributed by atoms with E-state index in [4.69, 9.17) is 23.2 Å². The second-order valence-electron chi connectivity index (χ2n) is 8.34. The summed E-state index contributed by atoms with van der Waals surface area (Å²) in [7, 11) is 3.35. The molecule has 3 atom stereocenters. The Morgan fingerprint density at radius 1 is 1.21 bits per heavy atom. The quantitative estimate of drug-likeness (QED) is 0.736. The van der Waals surface area contributed by atoms with E-state index in [0.717, 1.165) is 51.3 Å². The molecule has 2 aliphatic rings. The zero-order chi connectivity index (χ0) is 21.0. The number of rotatable bonds is 5. The summed E-state index contributed by atoms with van der Waals surface area (Å²) in [6.07, 6.45) is 2.27. The third-order valence-electron chi connectivity index (χ3n) is 6.09. The number of hydrogen-bond donors (Lipinski definition) is 1. The Hall–Kier alpha value is -1.24. The minimum absolute atomic E-state index is 0.214. The zero-order valence-electron chi connectivity index (χ0n) is 17.2. The van der Waals surface area contributed by atoms with Gasteiger partial charge in [0, 0.05) is 40.3 Å². The van der Waals surface area contributed by atoms with Crippen molar-refractivity contribution in [2.45, 2.75) is 37.9 Å². The van der Waals surface area contributed by atoms with E-state index >= 15 is 0 Å². The summed E-state index contributed by atoms with van der Waals surface area (Å²) in [5.41, 5.74) is 0.997. The van der Waals surface area contributed by atoms with Crippen LogP contribution in [0.15, 0.2) is 18.2 Å². The molecule has 0 spiro atoms. The van der Waals surface area contributed by atoms with E-state index in [0.29, 0.717) is 28.8 Å². The predicted octanol–water partition coefficient (Wildman–Crippen LogP) is 4.28. The number of carbonyl (C=O) groups excluding carboxylic acids is 1. The van der Waals surface area contributed by atoms with E-state index in [9.17, 15) is 9.18 Å². The van der Waals surface area contributed by atoms with Crippen molar-refractivity contribution < 1.29 is 9.18 Å². The summed E-state index contributed by atoms with van der Waals surface area (Å²) >= 11 is 12.5. The highest BCUT2D eigenvalue weighted by molar-refractivity contribution is 6.43. The van der Waals surface area contributed by atoms with Crippen molar-refractivity contribution in [2.24, 2.45) is 5.92 Å². The molecule has 162 valence electrons. The van der Waals surface area contributed by atoms with Crippen LogP contribution in [0.2, 0.25) is 10.0 Å². The third kappa shape index (κ3) is 5.89. The van der Waals surface area contributed by atoms with E-state index in [1.165, 1.54) is 4.90 Å². The maximum Gasteiger partial charge on any atom is 0.317 e. The van der Waals surface area contributed by atoms with Gasteiger partial charge in [0.15, 0.2) is 0 Å². The van der Waals surface area contributed by atoms with Crippen molar-refractivity contribution in [3.8, 4) is 0 Å². The first-order valence-corrected chi connectivity index (χ1v) is 11.1. The molecule has 8 heteroatoms. The van der Waals surface area contributed by atoms with Gasteiger partial charge >= 0.3 is 6.03 Å². The average molecular weight is 445 g/mol. The fourth-order valence-corrected chi connectivity index (χ4v) is 4.64. The second kappa shape index (κ2) is 10.2. The normalized spacial score (nSPS) is 25.7. The van der Waals surface area contributed by atoms with E-state index in [1.54, 1.807) is 14.1 Å². The maximum absolute atomic E-state index is 14.5. The molecule has 1 heterocycles. The number of amides is 2. The standard InChI is InChI=1S/C21H31Cl2FN4O/c1-26(2)21(29)25-18-7-6-15(14-17(18)24)8-9-27-10-12-28(13-11-27)19-5-3-4-16(22)20(19)23/h3-5,15,17-18H,6-14H2,1-2H3,(H,25,29). The van der Waals surface area contributed by atoms with Crippen LogP contribution in [-0.2, 0) is 0 Å². The predicted molar refractivity (Wildman–Crippen MR) is 118 cm³/mol. The first-order valence-electron chi connectivity index (χ1n) is 10.4. The smallest absolute Gasteiger partial charge is 0.317 e. The van der Waals surface area contributed by atoms with E-state index in [1.807, 2.05) is 18.2 Å². The van der Waals surface area contributed by atoms with Gasteiger partial charge in [0.25, 0.3) is 0 Å². The van der Waals surface area contributed by atoms with Gasteiger partial charge in [-0.1, -0.05) is 29.3 Å². The van der Waals surface area contributed by atoms with Crippen molar-refractivity contribution >= 4 is 34.9 Å². The van der Waals surface area contributed by atoms with Crippen LogP contribution in [0.5, 0.6) is 0 Å². The molecule has 2 amide bonds. The lowest BCUT2D eigenvalue weighted by Crippen LogP contribution is -2.49. The number of benzene rings is 1. The molecule has 0 radical (unpaired) electrons. The molecule has 1 aromatic carbocycles. The molecule has 1 aromatic rings. The van der Waals surface area contributed by atoms with Crippen LogP contribution in [0.25, 0.3) is 0 Å². The monoisotopic (exact) mass is 444 g/mol. The van der Waals surface area contributed by atoms with Gasteiger partial charge in [-0.25, -0.2) is 9.18 Å². The summed E-state index contributed by atoms with van der Waals surface area (Å²) < 4.78 is 14.5. The Labute approximate surface area is 183 Å². The molecular weight excluding hydrogens is 414 g/mol. The lowest BCUT2D eigenvalue weighted by molar-refractivity contribution is 0.130. The van der Waals surface area contributed by atoms with Crippen LogP contribution in [-0.4, -0.2) is 74.9 Å². The highest BCUT2D eigenvalue weighted by Gasteiger charge is 2.32. The molecule has 2 fully saturated rings. The number of anilines is 1. The first kappa shape index (κ1) is 22.4. The molecule has 0 aromatic heterocycles. The van der Waals surface area contributed by atoms with Gasteiger partial charge in [-0.3, -0.25) is 4.90 Å². The van der Waals surface area contributed by atoms with Gasteiger partial charge in [-0.05, 0) is 50.3 Å². The van der Waals surface area contributed by atoms with Crippen molar-refractivity contribution in [1.82, 2.24) is 15.1 Å². The molecule has 1 aliphatic carbocycles. The number of carbonyl (C=O) groups is 1. The summed E-state index contributed by atoms with van der Waals surface area (Å²) in [5, 5.41) is 4.01. The molecule has 29 heavy (non-hydrogen) atoms. The molecule has 3 unspecified atom stereocenters. The van der Waals surface area contributed by atoms with Gasteiger partial charge in [0.2, 0.25) is 0 Å². The number of nitrogens with zero attached hydrogens (tertiary/aromatic N) is 3. The number of urea groups is 1. The van der Waals surface area contributed by atoms with E-state index < -0.39 is 6.17 Å². The number of nitrogens with one attached hydrogen (secondary N) is 1. The minimum Gasteiger partial charge on any atom is -0.368 e. The van der Waals surface area contributed by atoms with Crippen LogP contribution >= 0.6 is 23.2 Å².